The number of benzene rings is 2. The van der Waals surface area contributed by atoms with Crippen LogP contribution in [0.2, 0.25) is 0 Å². The van der Waals surface area contributed by atoms with E-state index in [1.165, 1.54) is 4.90 Å². The number of aryl methyl sites for hydroxylation is 2. The van der Waals surface area contributed by atoms with Gasteiger partial charge in [0, 0.05) is 103 Å². The first kappa shape index (κ1) is 44.0. The molecule has 4 aliphatic rings. The lowest BCUT2D eigenvalue weighted by Crippen LogP contribution is -2.53. The first-order chi connectivity index (χ1) is 31.4. The van der Waals surface area contributed by atoms with Gasteiger partial charge in [-0.25, -0.2) is 9.37 Å². The first-order valence-corrected chi connectivity index (χ1v) is 23.0. The van der Waals surface area contributed by atoms with Gasteiger partial charge in [0.15, 0.2) is 0 Å². The number of imide groups is 1. The minimum Gasteiger partial charge on any atom is -0.354 e. The van der Waals surface area contributed by atoms with Crippen LogP contribution in [0, 0.1) is 12.7 Å². The number of H-pyrrole nitrogens is 1. The molecular formula is C49H57FN10O5. The normalized spacial score (nSPS) is 18.8. The zero-order valence-electron chi connectivity index (χ0n) is 37.6. The average molecular weight is 885 g/mol. The highest BCUT2D eigenvalue weighted by Gasteiger charge is 2.41. The molecule has 7 heterocycles. The summed E-state index contributed by atoms with van der Waals surface area (Å²) in [5.74, 6) is -0.981. The Kier molecular flexibility index (Phi) is 12.4. The summed E-state index contributed by atoms with van der Waals surface area (Å²) in [4.78, 5) is 80.5. The molecule has 340 valence electrons. The van der Waals surface area contributed by atoms with Crippen molar-refractivity contribution in [3.8, 4) is 11.1 Å². The highest BCUT2D eigenvalue weighted by molar-refractivity contribution is 6.08. The predicted octanol–water partition coefficient (Wildman–Crippen LogP) is 5.25. The van der Waals surface area contributed by atoms with Crippen molar-refractivity contribution in [1.29, 1.82) is 0 Å². The Hall–Kier alpha value is -6.26. The number of aromatic amines is 1. The molecule has 16 heteroatoms. The smallest absolute Gasteiger partial charge is 0.255 e. The monoisotopic (exact) mass is 884 g/mol. The Morgan fingerprint density at radius 1 is 0.923 bits per heavy atom. The van der Waals surface area contributed by atoms with E-state index in [0.717, 1.165) is 104 Å². The van der Waals surface area contributed by atoms with Crippen molar-refractivity contribution in [2.24, 2.45) is 0 Å². The summed E-state index contributed by atoms with van der Waals surface area (Å²) in [6.07, 6.45) is 7.60. The molecule has 3 fully saturated rings. The van der Waals surface area contributed by atoms with Gasteiger partial charge in [-0.1, -0.05) is 19.4 Å². The van der Waals surface area contributed by atoms with Crippen LogP contribution in [0.1, 0.15) is 108 Å². The number of aromatic nitrogens is 4. The van der Waals surface area contributed by atoms with E-state index in [-0.39, 0.29) is 61.1 Å². The molecule has 2 aromatic carbocycles. The lowest BCUT2D eigenvalue weighted by molar-refractivity contribution is -0.136. The lowest BCUT2D eigenvalue weighted by Gasteiger charge is -2.43. The number of hydrogen-bond acceptors (Lipinski definition) is 10. The van der Waals surface area contributed by atoms with Crippen LogP contribution >= 0.6 is 0 Å². The van der Waals surface area contributed by atoms with Gasteiger partial charge in [-0.15, -0.1) is 0 Å². The summed E-state index contributed by atoms with van der Waals surface area (Å²) in [7, 11) is 0. The topological polar surface area (TPSA) is 169 Å². The van der Waals surface area contributed by atoms with Gasteiger partial charge >= 0.3 is 0 Å². The molecule has 1 unspecified atom stereocenters. The maximum atomic E-state index is 15.9. The summed E-state index contributed by atoms with van der Waals surface area (Å²) in [5.41, 5.74) is 6.39. The summed E-state index contributed by atoms with van der Waals surface area (Å²) >= 11 is 0. The zero-order chi connectivity index (χ0) is 45.5. The van der Waals surface area contributed by atoms with Gasteiger partial charge in [0.1, 0.15) is 17.7 Å². The molecule has 15 nitrogen and oxygen atoms in total. The Morgan fingerprint density at radius 3 is 2.42 bits per heavy atom. The fourth-order valence-electron chi connectivity index (χ4n) is 10.2. The van der Waals surface area contributed by atoms with Gasteiger partial charge in [-0.2, -0.15) is 5.10 Å². The van der Waals surface area contributed by atoms with Gasteiger partial charge in [0.2, 0.25) is 11.8 Å². The number of halogens is 1. The maximum absolute atomic E-state index is 15.9. The third-order valence-electron chi connectivity index (χ3n) is 13.7. The molecule has 4 aliphatic heterocycles. The second-order valence-electron chi connectivity index (χ2n) is 18.3. The standard InChI is InChI=1S/C49H57FN10O5/c1-5-6-31-21-30(4)54-47(63)38(31)25-52-46(62)37-22-34(23-42-39(37)26-53-60(42)29(2)3)32-8-11-43(51-24-32)58-19-17-57(18-20-58)35-13-15-56(16-14-35)27-33-7-9-36-40(45(33)50)28-59(49(36)65)41-10-12-44(61)55-48(41)64/h7-9,11,21-24,26,29,35,41H,5-6,10,12-20,25,27-28H2,1-4H3,(H,52,62)(H,54,63)(H,55,61,64). The quantitative estimate of drug-likeness (QED) is 0.141. The van der Waals surface area contributed by atoms with Crippen LogP contribution < -0.4 is 21.1 Å². The Balaban J connectivity index is 0.805. The minimum atomic E-state index is -0.774. The second-order valence-corrected chi connectivity index (χ2v) is 18.3. The molecule has 65 heavy (non-hydrogen) atoms. The minimum absolute atomic E-state index is 0.0255. The third-order valence-corrected chi connectivity index (χ3v) is 13.7. The fraction of sp³-hybridized carbons (Fsp3) is 0.449. The average Bonchev–Trinajstić information content (AvgIpc) is 3.88. The number of carbonyl (C=O) groups excluding carboxylic acids is 4. The predicted molar refractivity (Wildman–Crippen MR) is 245 cm³/mol. The molecule has 3 N–H and O–H groups in total. The number of amides is 4. The molecule has 4 amide bonds. The molecule has 0 spiro atoms. The van der Waals surface area contributed by atoms with Crippen LogP contribution in [0.4, 0.5) is 10.2 Å². The van der Waals surface area contributed by atoms with Gasteiger partial charge in [0.25, 0.3) is 17.4 Å². The highest BCUT2D eigenvalue weighted by Crippen LogP contribution is 2.33. The molecule has 0 bridgehead atoms. The number of carbonyl (C=O) groups is 4. The van der Waals surface area contributed by atoms with Crippen LogP contribution in [0.3, 0.4) is 0 Å². The number of piperidine rings is 2. The third kappa shape index (κ3) is 8.80. The molecule has 3 aromatic heterocycles. The van der Waals surface area contributed by atoms with Crippen molar-refractivity contribution in [2.75, 3.05) is 44.2 Å². The number of nitrogens with one attached hydrogen (secondary N) is 3. The zero-order valence-corrected chi connectivity index (χ0v) is 37.6. The number of fused-ring (bicyclic) bond motifs is 2. The van der Waals surface area contributed by atoms with E-state index in [1.54, 1.807) is 18.3 Å². The van der Waals surface area contributed by atoms with Crippen LogP contribution in [0.15, 0.2) is 59.7 Å². The van der Waals surface area contributed by atoms with E-state index >= 15 is 4.39 Å². The van der Waals surface area contributed by atoms with E-state index in [2.05, 4.69) is 68.3 Å². The fourth-order valence-corrected chi connectivity index (χ4v) is 10.2. The number of nitrogens with zero attached hydrogens (tertiary/aromatic N) is 7. The Bertz CT molecular complexity index is 2710. The number of likely N-dealkylation sites (tertiary alicyclic amines) is 1. The van der Waals surface area contributed by atoms with Gasteiger partial charge in [-0.3, -0.25) is 43.8 Å². The Morgan fingerprint density at radius 2 is 1.71 bits per heavy atom. The molecule has 9 rings (SSSR count). The molecule has 0 saturated carbocycles. The number of anilines is 1. The van der Waals surface area contributed by atoms with Crippen LogP contribution in [-0.2, 0) is 35.6 Å². The SMILES string of the molecule is CCCc1cc(C)[nH]c(=O)c1CNC(=O)c1cc(-c2ccc(N3CCN(C4CCN(Cc5ccc6c(c5F)CN(C5CCC(=O)NC5=O)C6=O)CC4)CC3)nc2)cc2c1cnn2C(C)C. The van der Waals surface area contributed by atoms with Crippen molar-refractivity contribution in [1.82, 2.24) is 45.1 Å². The summed E-state index contributed by atoms with van der Waals surface area (Å²) in [6, 6.07) is 13.2. The maximum Gasteiger partial charge on any atom is 0.255 e. The second kappa shape index (κ2) is 18.3. The van der Waals surface area contributed by atoms with Crippen LogP contribution in [0.5, 0.6) is 0 Å². The van der Waals surface area contributed by atoms with Crippen LogP contribution in [0.25, 0.3) is 22.0 Å². The summed E-state index contributed by atoms with van der Waals surface area (Å²) in [5, 5.41) is 10.7. The molecule has 5 aromatic rings. The van der Waals surface area contributed by atoms with E-state index in [4.69, 9.17) is 4.98 Å². The highest BCUT2D eigenvalue weighted by atomic mass is 19.1. The van der Waals surface area contributed by atoms with Gasteiger partial charge in [0.05, 0.1) is 23.8 Å². The summed E-state index contributed by atoms with van der Waals surface area (Å²) < 4.78 is 17.8. The van der Waals surface area contributed by atoms with E-state index in [1.807, 2.05) is 36.0 Å². The van der Waals surface area contributed by atoms with E-state index < -0.39 is 11.9 Å². The van der Waals surface area contributed by atoms with Gasteiger partial charge < -0.3 is 20.1 Å². The van der Waals surface area contributed by atoms with Crippen molar-refractivity contribution in [2.45, 2.75) is 104 Å². The molecule has 0 aliphatic carbocycles. The largest absolute Gasteiger partial charge is 0.354 e. The first-order valence-electron chi connectivity index (χ1n) is 23.0. The number of hydrogen-bond donors (Lipinski definition) is 3. The molecule has 3 saturated heterocycles. The van der Waals surface area contributed by atoms with E-state index in [0.29, 0.717) is 40.4 Å². The van der Waals surface area contributed by atoms with Crippen molar-refractivity contribution >= 4 is 40.3 Å². The number of rotatable bonds is 12. The van der Waals surface area contributed by atoms with Crippen molar-refractivity contribution in [3.05, 3.63) is 110 Å². The lowest BCUT2D eigenvalue weighted by atomic mass is 10.00. The Labute approximate surface area is 377 Å². The van der Waals surface area contributed by atoms with Gasteiger partial charge in [-0.05, 0) is 107 Å². The number of pyridine rings is 2. The summed E-state index contributed by atoms with van der Waals surface area (Å²) in [6.45, 7) is 13.8. The van der Waals surface area contributed by atoms with E-state index in [9.17, 15) is 24.0 Å². The molecule has 0 radical (unpaired) electrons. The van der Waals surface area contributed by atoms with Crippen molar-refractivity contribution < 1.29 is 23.6 Å². The van der Waals surface area contributed by atoms with Crippen LogP contribution in [-0.4, -0.2) is 109 Å². The molecular weight excluding hydrogens is 828 g/mol. The van der Waals surface area contributed by atoms with Crippen molar-refractivity contribution in [3.63, 3.8) is 0 Å². The number of piperazine rings is 1. The molecule has 1 atom stereocenters.